The van der Waals surface area contributed by atoms with Gasteiger partial charge in [-0.05, 0) is 17.7 Å². The number of hydrogen-bond donors (Lipinski definition) is 4. The van der Waals surface area contributed by atoms with Gasteiger partial charge in [0, 0.05) is 12.3 Å². The first-order valence-electron chi connectivity index (χ1n) is 7.01. The molecule has 24 heavy (non-hydrogen) atoms. The topological polar surface area (TPSA) is 115 Å². The third-order valence-corrected chi connectivity index (χ3v) is 4.40. The standard InChI is InChI=1S/C16H13N3O4S/c1-2-5-24-16-18-14-13(15(23)19-16)9(7-12(22)17-14)8-3-4-10(20)11(21)6-8/h1,3-4,6,9,20-21H,5,7H2,(H2,17,18,19,22,23)/t9-/m1/s1. The highest BCUT2D eigenvalue weighted by Crippen LogP contribution is 2.37. The molecular formula is C16H13N3O4S. The largest absolute Gasteiger partial charge is 0.504 e. The van der Waals surface area contributed by atoms with Gasteiger partial charge >= 0.3 is 0 Å². The zero-order valence-corrected chi connectivity index (χ0v) is 13.2. The van der Waals surface area contributed by atoms with Crippen LogP contribution in [0, 0.1) is 12.3 Å². The monoisotopic (exact) mass is 343 g/mol. The fourth-order valence-electron chi connectivity index (χ4n) is 2.57. The molecule has 2 heterocycles. The van der Waals surface area contributed by atoms with E-state index in [1.807, 2.05) is 0 Å². The number of phenols is 2. The molecule has 1 atom stereocenters. The number of nitrogens with one attached hydrogen (secondary N) is 2. The lowest BCUT2D eigenvalue weighted by atomic mass is 9.86. The lowest BCUT2D eigenvalue weighted by Gasteiger charge is -2.24. The molecule has 0 bridgehead atoms. The van der Waals surface area contributed by atoms with Crippen LogP contribution in [0.25, 0.3) is 0 Å². The molecule has 1 aromatic carbocycles. The third kappa shape index (κ3) is 2.94. The molecule has 3 rings (SSSR count). The average molecular weight is 343 g/mol. The molecule has 4 N–H and O–H groups in total. The molecule has 1 aromatic heterocycles. The number of anilines is 1. The maximum absolute atomic E-state index is 12.5. The number of H-pyrrole nitrogens is 1. The van der Waals surface area contributed by atoms with Crippen LogP contribution in [-0.2, 0) is 4.79 Å². The Morgan fingerprint density at radius 2 is 2.12 bits per heavy atom. The van der Waals surface area contributed by atoms with Crippen LogP contribution in [-0.4, -0.2) is 31.8 Å². The van der Waals surface area contributed by atoms with Crippen molar-refractivity contribution < 1.29 is 15.0 Å². The van der Waals surface area contributed by atoms with E-state index < -0.39 is 5.92 Å². The molecule has 0 fully saturated rings. The smallest absolute Gasteiger partial charge is 0.257 e. The van der Waals surface area contributed by atoms with Gasteiger partial charge in [-0.2, -0.15) is 0 Å². The number of amides is 1. The van der Waals surface area contributed by atoms with E-state index >= 15 is 0 Å². The maximum atomic E-state index is 12.5. The van der Waals surface area contributed by atoms with Crippen molar-refractivity contribution in [2.45, 2.75) is 17.5 Å². The molecule has 7 nitrogen and oxygen atoms in total. The first-order valence-corrected chi connectivity index (χ1v) is 8.00. The summed E-state index contributed by atoms with van der Waals surface area (Å²) in [7, 11) is 0. The van der Waals surface area contributed by atoms with Crippen molar-refractivity contribution in [1.82, 2.24) is 9.97 Å². The predicted molar refractivity (Wildman–Crippen MR) is 89.3 cm³/mol. The highest BCUT2D eigenvalue weighted by molar-refractivity contribution is 7.99. The fraction of sp³-hybridized carbons (Fsp3) is 0.188. The van der Waals surface area contributed by atoms with Crippen molar-refractivity contribution in [2.24, 2.45) is 0 Å². The number of fused-ring (bicyclic) bond motifs is 1. The lowest BCUT2D eigenvalue weighted by molar-refractivity contribution is -0.116. The summed E-state index contributed by atoms with van der Waals surface area (Å²) < 4.78 is 0. The van der Waals surface area contributed by atoms with Gasteiger partial charge in [-0.3, -0.25) is 9.59 Å². The average Bonchev–Trinajstić information content (AvgIpc) is 2.54. The van der Waals surface area contributed by atoms with E-state index in [-0.39, 0.29) is 35.2 Å². The van der Waals surface area contributed by atoms with Crippen molar-refractivity contribution in [3.05, 3.63) is 39.7 Å². The van der Waals surface area contributed by atoms with E-state index in [9.17, 15) is 19.8 Å². The molecule has 122 valence electrons. The Balaban J connectivity index is 2.09. The van der Waals surface area contributed by atoms with Gasteiger partial charge in [-0.1, -0.05) is 23.7 Å². The number of aromatic amines is 1. The number of aromatic nitrogens is 2. The van der Waals surface area contributed by atoms with Crippen LogP contribution in [0.4, 0.5) is 5.82 Å². The molecule has 0 aliphatic carbocycles. The Morgan fingerprint density at radius 1 is 1.33 bits per heavy atom. The van der Waals surface area contributed by atoms with Crippen LogP contribution in [0.1, 0.15) is 23.5 Å². The highest BCUT2D eigenvalue weighted by Gasteiger charge is 2.31. The second kappa shape index (κ2) is 6.29. The Kier molecular flexibility index (Phi) is 4.18. The zero-order valence-electron chi connectivity index (χ0n) is 12.4. The van der Waals surface area contributed by atoms with Crippen LogP contribution < -0.4 is 10.9 Å². The van der Waals surface area contributed by atoms with E-state index in [1.54, 1.807) is 6.07 Å². The highest BCUT2D eigenvalue weighted by atomic mass is 32.2. The van der Waals surface area contributed by atoms with Gasteiger partial charge in [-0.25, -0.2) is 4.98 Å². The van der Waals surface area contributed by atoms with Gasteiger partial charge < -0.3 is 20.5 Å². The fourth-order valence-corrected chi connectivity index (χ4v) is 3.11. The number of carbonyl (C=O) groups excluding carboxylic acids is 1. The minimum atomic E-state index is -0.566. The number of benzene rings is 1. The molecule has 0 saturated carbocycles. The quantitative estimate of drug-likeness (QED) is 0.290. The second-order valence-electron chi connectivity index (χ2n) is 5.18. The van der Waals surface area contributed by atoms with Gasteiger partial charge in [0.05, 0.1) is 11.3 Å². The van der Waals surface area contributed by atoms with Crippen molar-refractivity contribution in [3.8, 4) is 23.8 Å². The molecule has 0 saturated heterocycles. The van der Waals surface area contributed by atoms with Crippen molar-refractivity contribution in [2.75, 3.05) is 11.1 Å². The second-order valence-corrected chi connectivity index (χ2v) is 6.14. The van der Waals surface area contributed by atoms with E-state index in [2.05, 4.69) is 21.2 Å². The van der Waals surface area contributed by atoms with Gasteiger partial charge in [-0.15, -0.1) is 6.42 Å². The number of thioether (sulfide) groups is 1. The first-order chi connectivity index (χ1) is 11.5. The zero-order chi connectivity index (χ0) is 17.3. The minimum absolute atomic E-state index is 0.0405. The molecule has 1 aliphatic heterocycles. The summed E-state index contributed by atoms with van der Waals surface area (Å²) in [4.78, 5) is 31.3. The summed E-state index contributed by atoms with van der Waals surface area (Å²) in [5.74, 6) is 1.52. The van der Waals surface area contributed by atoms with E-state index in [4.69, 9.17) is 6.42 Å². The summed E-state index contributed by atoms with van der Waals surface area (Å²) in [5, 5.41) is 22.0. The van der Waals surface area contributed by atoms with Gasteiger partial charge in [0.15, 0.2) is 16.7 Å². The van der Waals surface area contributed by atoms with Gasteiger partial charge in [0.25, 0.3) is 5.56 Å². The van der Waals surface area contributed by atoms with Crippen LogP contribution >= 0.6 is 11.8 Å². The van der Waals surface area contributed by atoms with E-state index in [0.29, 0.717) is 22.0 Å². The Morgan fingerprint density at radius 3 is 2.83 bits per heavy atom. The lowest BCUT2D eigenvalue weighted by Crippen LogP contribution is -2.31. The molecule has 8 heteroatoms. The SMILES string of the molecule is C#CCSc1nc2c(c(=O)[nH]1)[C@@H](c1ccc(O)c(O)c1)CC(=O)N2. The summed E-state index contributed by atoms with van der Waals surface area (Å²) in [6.45, 7) is 0. The number of nitrogens with zero attached hydrogens (tertiary/aromatic N) is 1. The number of terminal acetylenes is 1. The molecule has 2 aromatic rings. The van der Waals surface area contributed by atoms with E-state index in [0.717, 1.165) is 0 Å². The van der Waals surface area contributed by atoms with Crippen molar-refractivity contribution >= 4 is 23.5 Å². The minimum Gasteiger partial charge on any atom is -0.504 e. The Labute approximate surface area is 141 Å². The first kappa shape index (κ1) is 16.0. The van der Waals surface area contributed by atoms with Crippen LogP contribution in [0.15, 0.2) is 28.2 Å². The molecule has 1 aliphatic rings. The van der Waals surface area contributed by atoms with Crippen LogP contribution in [0.5, 0.6) is 11.5 Å². The maximum Gasteiger partial charge on any atom is 0.257 e. The van der Waals surface area contributed by atoms with Crippen LogP contribution in [0.3, 0.4) is 0 Å². The Hall–Kier alpha value is -2.92. The molecule has 1 amide bonds. The van der Waals surface area contributed by atoms with E-state index in [1.165, 1.54) is 23.9 Å². The summed E-state index contributed by atoms with van der Waals surface area (Å²) in [6.07, 6.45) is 5.23. The molecular weight excluding hydrogens is 330 g/mol. The van der Waals surface area contributed by atoms with Crippen molar-refractivity contribution in [3.63, 3.8) is 0 Å². The number of rotatable bonds is 3. The summed E-state index contributed by atoms with van der Waals surface area (Å²) >= 11 is 1.18. The Bertz CT molecular complexity index is 917. The molecule has 0 spiro atoms. The van der Waals surface area contributed by atoms with Crippen LogP contribution in [0.2, 0.25) is 0 Å². The number of aromatic hydroxyl groups is 2. The number of phenolic OH excluding ortho intramolecular Hbond substituents is 2. The third-order valence-electron chi connectivity index (χ3n) is 3.62. The number of carbonyl (C=O) groups is 1. The summed E-state index contributed by atoms with van der Waals surface area (Å²) in [5.41, 5.74) is 0.472. The summed E-state index contributed by atoms with van der Waals surface area (Å²) in [6, 6.07) is 4.21. The molecule has 0 radical (unpaired) electrons. The van der Waals surface area contributed by atoms with Crippen molar-refractivity contribution in [1.29, 1.82) is 0 Å². The normalized spacial score (nSPS) is 16.1. The van der Waals surface area contributed by atoms with Gasteiger partial charge in [0.2, 0.25) is 5.91 Å². The predicted octanol–water partition coefficient (Wildman–Crippen LogP) is 1.38. The molecule has 0 unspecified atom stereocenters. The van der Waals surface area contributed by atoms with Gasteiger partial charge in [0.1, 0.15) is 5.82 Å². The number of hydrogen-bond acceptors (Lipinski definition) is 6.